The predicted molar refractivity (Wildman–Crippen MR) is 69.2 cm³/mol. The van der Waals surface area contributed by atoms with Gasteiger partial charge in [-0.1, -0.05) is 6.92 Å². The number of nitrogens with zero attached hydrogens (tertiary/aromatic N) is 2. The van der Waals surface area contributed by atoms with Crippen LogP contribution in [-0.2, 0) is 6.54 Å². The van der Waals surface area contributed by atoms with Crippen LogP contribution in [0.2, 0.25) is 0 Å². The second-order valence-electron chi connectivity index (χ2n) is 3.89. The predicted octanol–water partition coefficient (Wildman–Crippen LogP) is 3.12. The average molecular weight is 235 g/mol. The fourth-order valence-electron chi connectivity index (χ4n) is 1.62. The Hall–Kier alpha value is -1.29. The van der Waals surface area contributed by atoms with Crippen LogP contribution in [0.25, 0.3) is 0 Å². The summed E-state index contributed by atoms with van der Waals surface area (Å²) in [5, 5.41) is 7.64. The maximum atomic E-state index is 4.48. The Morgan fingerprint density at radius 1 is 1.50 bits per heavy atom. The van der Waals surface area contributed by atoms with Crippen LogP contribution in [0.3, 0.4) is 0 Å². The van der Waals surface area contributed by atoms with Gasteiger partial charge in [0.1, 0.15) is 0 Å². The van der Waals surface area contributed by atoms with Crippen molar-refractivity contribution in [2.45, 2.75) is 26.8 Å². The normalized spacial score (nSPS) is 10.6. The van der Waals surface area contributed by atoms with E-state index in [1.165, 1.54) is 5.56 Å². The SMILES string of the molecule is CCCNc1nc(C)cn1Cc1ccsc1. The molecule has 2 rings (SSSR count). The molecule has 1 N–H and O–H groups in total. The standard InChI is InChI=1S/C12H17N3S/c1-3-5-13-12-14-10(2)7-15(12)8-11-4-6-16-9-11/h4,6-7,9H,3,5,8H2,1-2H3,(H,13,14). The number of aryl methyl sites for hydroxylation is 1. The van der Waals surface area contributed by atoms with Crippen LogP contribution in [0.15, 0.2) is 23.0 Å². The second-order valence-corrected chi connectivity index (χ2v) is 4.67. The third kappa shape index (κ3) is 2.64. The van der Waals surface area contributed by atoms with Crippen molar-refractivity contribution in [2.24, 2.45) is 0 Å². The lowest BCUT2D eigenvalue weighted by Crippen LogP contribution is -2.08. The van der Waals surface area contributed by atoms with Crippen molar-refractivity contribution in [2.75, 3.05) is 11.9 Å². The van der Waals surface area contributed by atoms with Gasteiger partial charge in [-0.3, -0.25) is 0 Å². The van der Waals surface area contributed by atoms with Gasteiger partial charge < -0.3 is 9.88 Å². The van der Waals surface area contributed by atoms with Crippen molar-refractivity contribution in [1.82, 2.24) is 9.55 Å². The molecule has 0 fully saturated rings. The Kier molecular flexibility index (Phi) is 3.62. The summed E-state index contributed by atoms with van der Waals surface area (Å²) in [7, 11) is 0. The van der Waals surface area contributed by atoms with Crippen LogP contribution in [0.5, 0.6) is 0 Å². The summed E-state index contributed by atoms with van der Waals surface area (Å²) < 4.78 is 2.17. The summed E-state index contributed by atoms with van der Waals surface area (Å²) in [5.74, 6) is 0.977. The van der Waals surface area contributed by atoms with Crippen LogP contribution in [0.1, 0.15) is 24.6 Å². The van der Waals surface area contributed by atoms with Crippen molar-refractivity contribution in [3.05, 3.63) is 34.3 Å². The molecule has 0 saturated carbocycles. The topological polar surface area (TPSA) is 29.9 Å². The largest absolute Gasteiger partial charge is 0.356 e. The van der Waals surface area contributed by atoms with Gasteiger partial charge >= 0.3 is 0 Å². The molecule has 4 heteroatoms. The average Bonchev–Trinajstić information content (AvgIpc) is 2.86. The number of anilines is 1. The third-order valence-electron chi connectivity index (χ3n) is 2.36. The number of nitrogens with one attached hydrogen (secondary N) is 1. The molecule has 0 atom stereocenters. The summed E-state index contributed by atoms with van der Waals surface area (Å²) in [5.41, 5.74) is 2.40. The summed E-state index contributed by atoms with van der Waals surface area (Å²) in [6.07, 6.45) is 3.21. The summed E-state index contributed by atoms with van der Waals surface area (Å²) in [4.78, 5) is 4.48. The molecular weight excluding hydrogens is 218 g/mol. The highest BCUT2D eigenvalue weighted by atomic mass is 32.1. The van der Waals surface area contributed by atoms with E-state index in [0.717, 1.165) is 31.2 Å². The maximum Gasteiger partial charge on any atom is 0.203 e. The highest BCUT2D eigenvalue weighted by molar-refractivity contribution is 7.07. The van der Waals surface area contributed by atoms with Crippen molar-refractivity contribution < 1.29 is 0 Å². The molecule has 86 valence electrons. The van der Waals surface area contributed by atoms with Gasteiger partial charge in [-0.2, -0.15) is 11.3 Å². The van der Waals surface area contributed by atoms with Crippen LogP contribution in [0.4, 0.5) is 5.95 Å². The monoisotopic (exact) mass is 235 g/mol. The third-order valence-corrected chi connectivity index (χ3v) is 3.10. The van der Waals surface area contributed by atoms with Gasteiger partial charge in [-0.25, -0.2) is 4.98 Å². The first-order valence-corrected chi connectivity index (χ1v) is 6.52. The second kappa shape index (κ2) is 5.16. The van der Waals surface area contributed by atoms with E-state index in [1.54, 1.807) is 11.3 Å². The molecule has 0 spiro atoms. The lowest BCUT2D eigenvalue weighted by Gasteiger charge is -2.07. The molecule has 16 heavy (non-hydrogen) atoms. The number of rotatable bonds is 5. The first-order chi connectivity index (χ1) is 7.79. The van der Waals surface area contributed by atoms with Gasteiger partial charge in [0.25, 0.3) is 0 Å². The first-order valence-electron chi connectivity index (χ1n) is 5.58. The minimum atomic E-state index is 0.899. The molecule has 0 aliphatic rings. The van der Waals surface area contributed by atoms with E-state index >= 15 is 0 Å². The van der Waals surface area contributed by atoms with Gasteiger partial charge in [0.15, 0.2) is 0 Å². The Morgan fingerprint density at radius 2 is 2.38 bits per heavy atom. The summed E-state index contributed by atoms with van der Waals surface area (Å²) >= 11 is 1.74. The minimum Gasteiger partial charge on any atom is -0.356 e. The fourth-order valence-corrected chi connectivity index (χ4v) is 2.28. The van der Waals surface area contributed by atoms with E-state index < -0.39 is 0 Å². The zero-order valence-corrected chi connectivity index (χ0v) is 10.5. The van der Waals surface area contributed by atoms with E-state index in [1.807, 2.05) is 6.92 Å². The number of thiophene rings is 1. The van der Waals surface area contributed by atoms with E-state index in [9.17, 15) is 0 Å². The zero-order chi connectivity index (χ0) is 11.4. The van der Waals surface area contributed by atoms with Gasteiger partial charge in [-0.05, 0) is 35.7 Å². The molecular formula is C12H17N3S. The maximum absolute atomic E-state index is 4.48. The van der Waals surface area contributed by atoms with Crippen molar-refractivity contribution in [1.29, 1.82) is 0 Å². The molecule has 0 radical (unpaired) electrons. The van der Waals surface area contributed by atoms with Gasteiger partial charge in [0.05, 0.1) is 12.2 Å². The number of imidazole rings is 1. The summed E-state index contributed by atoms with van der Waals surface area (Å²) in [6, 6.07) is 2.16. The molecule has 0 aliphatic heterocycles. The molecule has 0 amide bonds. The van der Waals surface area contributed by atoms with Crippen molar-refractivity contribution >= 4 is 17.3 Å². The lowest BCUT2D eigenvalue weighted by atomic mass is 10.3. The zero-order valence-electron chi connectivity index (χ0n) is 9.73. The van der Waals surface area contributed by atoms with Crippen LogP contribution in [0, 0.1) is 6.92 Å². The van der Waals surface area contributed by atoms with E-state index in [0.29, 0.717) is 0 Å². The highest BCUT2D eigenvalue weighted by Crippen LogP contribution is 2.14. The molecule has 2 heterocycles. The quantitative estimate of drug-likeness (QED) is 0.863. The van der Waals surface area contributed by atoms with E-state index in [4.69, 9.17) is 0 Å². The number of hydrogen-bond donors (Lipinski definition) is 1. The molecule has 0 aliphatic carbocycles. The molecule has 0 bridgehead atoms. The smallest absolute Gasteiger partial charge is 0.203 e. The minimum absolute atomic E-state index is 0.899. The molecule has 0 saturated heterocycles. The van der Waals surface area contributed by atoms with Crippen molar-refractivity contribution in [3.8, 4) is 0 Å². The van der Waals surface area contributed by atoms with Crippen molar-refractivity contribution in [3.63, 3.8) is 0 Å². The first kappa shape index (κ1) is 11.2. The van der Waals surface area contributed by atoms with Crippen LogP contribution in [-0.4, -0.2) is 16.1 Å². The molecule has 2 aromatic rings. The number of aromatic nitrogens is 2. The molecule has 2 aromatic heterocycles. The Labute approximate surface area is 100 Å². The van der Waals surface area contributed by atoms with Gasteiger partial charge in [0, 0.05) is 12.7 Å². The van der Waals surface area contributed by atoms with E-state index in [-0.39, 0.29) is 0 Å². The Bertz CT molecular complexity index is 431. The Morgan fingerprint density at radius 3 is 3.06 bits per heavy atom. The Balaban J connectivity index is 2.12. The number of hydrogen-bond acceptors (Lipinski definition) is 3. The van der Waals surface area contributed by atoms with Crippen LogP contribution >= 0.6 is 11.3 Å². The molecule has 3 nitrogen and oxygen atoms in total. The lowest BCUT2D eigenvalue weighted by molar-refractivity contribution is 0.795. The molecule has 0 unspecified atom stereocenters. The summed E-state index contributed by atoms with van der Waals surface area (Å²) in [6.45, 7) is 6.06. The van der Waals surface area contributed by atoms with Gasteiger partial charge in [0.2, 0.25) is 5.95 Å². The van der Waals surface area contributed by atoms with Crippen LogP contribution < -0.4 is 5.32 Å². The highest BCUT2D eigenvalue weighted by Gasteiger charge is 2.05. The van der Waals surface area contributed by atoms with E-state index in [2.05, 4.69) is 44.8 Å². The molecule has 0 aromatic carbocycles. The van der Waals surface area contributed by atoms with Gasteiger partial charge in [-0.15, -0.1) is 0 Å². The fraction of sp³-hybridized carbons (Fsp3) is 0.417.